The third-order valence-corrected chi connectivity index (χ3v) is 3.39. The average molecular weight is 199 g/mol. The molecule has 1 aliphatic carbocycles. The van der Waals surface area contributed by atoms with E-state index in [1.54, 1.807) is 0 Å². The lowest BCUT2D eigenvalue weighted by Gasteiger charge is -2.24. The average Bonchev–Trinajstić information content (AvgIpc) is 2.29. The van der Waals surface area contributed by atoms with Gasteiger partial charge in [0.05, 0.1) is 6.07 Å². The summed E-state index contributed by atoms with van der Waals surface area (Å²) in [5.74, 6) is 0.491. The van der Waals surface area contributed by atoms with Gasteiger partial charge in [-0.2, -0.15) is 5.26 Å². The van der Waals surface area contributed by atoms with Crippen molar-refractivity contribution in [2.75, 3.05) is 0 Å². The first-order chi connectivity index (χ1) is 7.35. The van der Waals surface area contributed by atoms with Crippen LogP contribution in [0.4, 0.5) is 0 Å². The Kier molecular flexibility index (Phi) is 3.06. The predicted octanol–water partition coefficient (Wildman–Crippen LogP) is 3.58. The Morgan fingerprint density at radius 2 is 2.33 bits per heavy atom. The molecule has 1 unspecified atom stereocenters. The maximum absolute atomic E-state index is 8.82. The van der Waals surface area contributed by atoms with E-state index in [1.807, 2.05) is 0 Å². The van der Waals surface area contributed by atoms with Gasteiger partial charge >= 0.3 is 0 Å². The van der Waals surface area contributed by atoms with E-state index in [0.29, 0.717) is 12.3 Å². The summed E-state index contributed by atoms with van der Waals surface area (Å²) in [4.78, 5) is 0. The van der Waals surface area contributed by atoms with Gasteiger partial charge in [0.1, 0.15) is 0 Å². The van der Waals surface area contributed by atoms with Gasteiger partial charge in [0.2, 0.25) is 0 Å². The van der Waals surface area contributed by atoms with E-state index in [4.69, 9.17) is 5.26 Å². The van der Waals surface area contributed by atoms with Crippen molar-refractivity contribution in [2.45, 2.75) is 44.9 Å². The molecule has 1 aliphatic rings. The lowest BCUT2D eigenvalue weighted by Crippen LogP contribution is -2.09. The molecule has 1 heteroatoms. The molecule has 0 N–H and O–H groups in total. The predicted molar refractivity (Wildman–Crippen MR) is 61.7 cm³/mol. The van der Waals surface area contributed by atoms with Crippen molar-refractivity contribution in [3.63, 3.8) is 0 Å². The van der Waals surface area contributed by atoms with Gasteiger partial charge in [0.25, 0.3) is 0 Å². The standard InChI is InChI=1S/C14H17N/c1-2-11-6-7-12-4-3-5-13(8-9-15)14(12)10-11/h6-7,10,13H,2-5,8H2,1H3. The monoisotopic (exact) mass is 199 g/mol. The van der Waals surface area contributed by atoms with E-state index in [1.165, 1.54) is 36.0 Å². The number of hydrogen-bond acceptors (Lipinski definition) is 1. The van der Waals surface area contributed by atoms with Crippen LogP contribution in [0.5, 0.6) is 0 Å². The SMILES string of the molecule is CCc1ccc2c(c1)C(CC#N)CCC2. The molecule has 0 amide bonds. The van der Waals surface area contributed by atoms with Crippen LogP contribution in [0.2, 0.25) is 0 Å². The van der Waals surface area contributed by atoms with Crippen molar-refractivity contribution in [1.29, 1.82) is 5.26 Å². The minimum absolute atomic E-state index is 0.491. The first-order valence-electron chi connectivity index (χ1n) is 5.83. The fourth-order valence-electron chi connectivity index (χ4n) is 2.49. The zero-order valence-corrected chi connectivity index (χ0v) is 9.29. The molecule has 0 aliphatic heterocycles. The minimum atomic E-state index is 0.491. The Morgan fingerprint density at radius 3 is 3.07 bits per heavy atom. The topological polar surface area (TPSA) is 23.8 Å². The second-order valence-corrected chi connectivity index (χ2v) is 4.34. The Morgan fingerprint density at radius 1 is 1.47 bits per heavy atom. The summed E-state index contributed by atoms with van der Waals surface area (Å²) in [5, 5.41) is 8.82. The molecule has 0 saturated carbocycles. The van der Waals surface area contributed by atoms with Gasteiger partial charge in [-0.05, 0) is 48.3 Å². The third kappa shape index (κ3) is 2.04. The van der Waals surface area contributed by atoms with Crippen molar-refractivity contribution in [3.05, 3.63) is 34.9 Å². The summed E-state index contributed by atoms with van der Waals surface area (Å²) < 4.78 is 0. The van der Waals surface area contributed by atoms with Gasteiger partial charge in [0.15, 0.2) is 0 Å². The maximum Gasteiger partial charge on any atom is 0.0628 e. The fraction of sp³-hybridized carbons (Fsp3) is 0.500. The van der Waals surface area contributed by atoms with Gasteiger partial charge in [-0.25, -0.2) is 0 Å². The lowest BCUT2D eigenvalue weighted by molar-refractivity contribution is 0.561. The maximum atomic E-state index is 8.82. The Labute approximate surface area is 91.7 Å². The van der Waals surface area contributed by atoms with Crippen LogP contribution in [0.25, 0.3) is 0 Å². The molecule has 0 bridgehead atoms. The highest BCUT2D eigenvalue weighted by Gasteiger charge is 2.19. The quantitative estimate of drug-likeness (QED) is 0.714. The normalized spacial score (nSPS) is 19.3. The first-order valence-corrected chi connectivity index (χ1v) is 5.83. The van der Waals surface area contributed by atoms with Gasteiger partial charge in [0, 0.05) is 6.42 Å². The van der Waals surface area contributed by atoms with Gasteiger partial charge in [-0.15, -0.1) is 0 Å². The first kappa shape index (κ1) is 10.2. The van der Waals surface area contributed by atoms with Crippen molar-refractivity contribution >= 4 is 0 Å². The van der Waals surface area contributed by atoms with Crippen molar-refractivity contribution in [3.8, 4) is 6.07 Å². The van der Waals surface area contributed by atoms with E-state index in [9.17, 15) is 0 Å². The zero-order chi connectivity index (χ0) is 10.7. The van der Waals surface area contributed by atoms with E-state index >= 15 is 0 Å². The molecule has 1 aromatic carbocycles. The number of hydrogen-bond donors (Lipinski definition) is 0. The smallest absolute Gasteiger partial charge is 0.0628 e. The van der Waals surface area contributed by atoms with Crippen LogP contribution in [0.3, 0.4) is 0 Å². The highest BCUT2D eigenvalue weighted by molar-refractivity contribution is 5.37. The number of nitrogens with zero attached hydrogens (tertiary/aromatic N) is 1. The van der Waals surface area contributed by atoms with Gasteiger partial charge in [-0.3, -0.25) is 0 Å². The molecule has 0 radical (unpaired) electrons. The second-order valence-electron chi connectivity index (χ2n) is 4.34. The molecule has 0 saturated heterocycles. The molecule has 0 spiro atoms. The summed E-state index contributed by atoms with van der Waals surface area (Å²) in [6.07, 6.45) is 5.40. The summed E-state index contributed by atoms with van der Waals surface area (Å²) >= 11 is 0. The highest BCUT2D eigenvalue weighted by atomic mass is 14.3. The Hall–Kier alpha value is -1.29. The summed E-state index contributed by atoms with van der Waals surface area (Å²) in [7, 11) is 0. The number of nitriles is 1. The fourth-order valence-corrected chi connectivity index (χ4v) is 2.49. The van der Waals surface area contributed by atoms with Crippen molar-refractivity contribution in [2.24, 2.45) is 0 Å². The molecule has 1 aromatic rings. The molecule has 0 fully saturated rings. The summed E-state index contributed by atoms with van der Waals surface area (Å²) in [6, 6.07) is 9.12. The van der Waals surface area contributed by atoms with Gasteiger partial charge in [-0.1, -0.05) is 25.1 Å². The zero-order valence-electron chi connectivity index (χ0n) is 9.29. The van der Waals surface area contributed by atoms with E-state index in [-0.39, 0.29) is 0 Å². The molecular weight excluding hydrogens is 182 g/mol. The largest absolute Gasteiger partial charge is 0.198 e. The molecule has 15 heavy (non-hydrogen) atoms. The molecule has 1 atom stereocenters. The van der Waals surface area contributed by atoms with E-state index in [2.05, 4.69) is 31.2 Å². The third-order valence-electron chi connectivity index (χ3n) is 3.39. The number of benzene rings is 1. The molecule has 0 aromatic heterocycles. The second kappa shape index (κ2) is 4.49. The van der Waals surface area contributed by atoms with Crippen LogP contribution >= 0.6 is 0 Å². The molecule has 2 rings (SSSR count). The van der Waals surface area contributed by atoms with Crippen molar-refractivity contribution in [1.82, 2.24) is 0 Å². The van der Waals surface area contributed by atoms with Crippen LogP contribution in [0.1, 0.15) is 48.8 Å². The van der Waals surface area contributed by atoms with Crippen LogP contribution < -0.4 is 0 Å². The number of aryl methyl sites for hydroxylation is 2. The van der Waals surface area contributed by atoms with Crippen LogP contribution in [0, 0.1) is 11.3 Å². The summed E-state index contributed by atoms with van der Waals surface area (Å²) in [5.41, 5.74) is 4.32. The Balaban J connectivity index is 2.35. The van der Waals surface area contributed by atoms with Crippen LogP contribution in [0.15, 0.2) is 18.2 Å². The number of rotatable bonds is 2. The molecule has 0 heterocycles. The molecular formula is C14H17N. The number of fused-ring (bicyclic) bond motifs is 1. The van der Waals surface area contributed by atoms with E-state index in [0.717, 1.165) is 6.42 Å². The van der Waals surface area contributed by atoms with E-state index < -0.39 is 0 Å². The summed E-state index contributed by atoms with van der Waals surface area (Å²) in [6.45, 7) is 2.18. The molecule has 1 nitrogen and oxygen atoms in total. The molecule has 78 valence electrons. The highest BCUT2D eigenvalue weighted by Crippen LogP contribution is 2.34. The van der Waals surface area contributed by atoms with Gasteiger partial charge < -0.3 is 0 Å². The van der Waals surface area contributed by atoms with Crippen molar-refractivity contribution < 1.29 is 0 Å². The Bertz CT molecular complexity index is 387. The van der Waals surface area contributed by atoms with Crippen LogP contribution in [-0.2, 0) is 12.8 Å². The minimum Gasteiger partial charge on any atom is -0.198 e. The lowest BCUT2D eigenvalue weighted by atomic mass is 9.80. The van der Waals surface area contributed by atoms with Crippen LogP contribution in [-0.4, -0.2) is 0 Å².